The van der Waals surface area contributed by atoms with Crippen LogP contribution in [0.1, 0.15) is 26.2 Å². The highest BCUT2D eigenvalue weighted by Crippen LogP contribution is 2.05. The molecule has 64 valence electrons. The van der Waals surface area contributed by atoms with Gasteiger partial charge < -0.3 is 0 Å². The van der Waals surface area contributed by atoms with E-state index in [9.17, 15) is 4.79 Å². The second-order valence-corrected chi connectivity index (χ2v) is 3.05. The van der Waals surface area contributed by atoms with Gasteiger partial charge in [-0.1, -0.05) is 24.9 Å². The zero-order valence-corrected chi connectivity index (χ0v) is 8.08. The molecule has 0 aliphatic rings. The molecule has 0 atom stereocenters. The Morgan fingerprint density at radius 3 is 2.64 bits per heavy atom. The van der Waals surface area contributed by atoms with Gasteiger partial charge in [0.25, 0.3) is 0 Å². The van der Waals surface area contributed by atoms with Crippen molar-refractivity contribution in [1.82, 2.24) is 0 Å². The summed E-state index contributed by atoms with van der Waals surface area (Å²) in [5.74, 6) is 0.289. The van der Waals surface area contributed by atoms with Gasteiger partial charge in [-0.15, -0.1) is 11.6 Å². The van der Waals surface area contributed by atoms with Gasteiger partial charge in [-0.2, -0.15) is 0 Å². The van der Waals surface area contributed by atoms with Gasteiger partial charge in [-0.3, -0.25) is 4.79 Å². The molecule has 0 bridgehead atoms. The molecule has 0 N–H and O–H groups in total. The maximum atomic E-state index is 11.0. The number of hydrogen-bond donors (Lipinski definition) is 0. The van der Waals surface area contributed by atoms with Crippen molar-refractivity contribution < 1.29 is 4.79 Å². The number of ketones is 1. The predicted octanol–water partition coefficient (Wildman–Crippen LogP) is 3.11. The number of halogens is 2. The first-order valence-electron chi connectivity index (χ1n) is 3.65. The van der Waals surface area contributed by atoms with Crippen molar-refractivity contribution in [2.75, 3.05) is 5.88 Å². The molecular formula is C8H12Cl2O. The van der Waals surface area contributed by atoms with Gasteiger partial charge >= 0.3 is 0 Å². The van der Waals surface area contributed by atoms with Crippen molar-refractivity contribution >= 4 is 29.0 Å². The number of rotatable bonds is 5. The number of allylic oxidation sites excluding steroid dienone is 2. The van der Waals surface area contributed by atoms with Crippen LogP contribution in [0.4, 0.5) is 0 Å². The molecule has 3 heteroatoms. The summed E-state index contributed by atoms with van der Waals surface area (Å²) in [5, 5.41) is 0.424. The Kier molecular flexibility index (Phi) is 6.68. The van der Waals surface area contributed by atoms with Gasteiger partial charge in [0, 0.05) is 11.5 Å². The Bertz CT molecular complexity index is 152. The van der Waals surface area contributed by atoms with Crippen molar-refractivity contribution in [2.24, 2.45) is 0 Å². The van der Waals surface area contributed by atoms with Crippen LogP contribution in [0, 0.1) is 0 Å². The summed E-state index contributed by atoms with van der Waals surface area (Å²) in [6, 6.07) is 0. The summed E-state index contributed by atoms with van der Waals surface area (Å²) in [6.45, 7) is 2.04. The Morgan fingerprint density at radius 2 is 2.18 bits per heavy atom. The Morgan fingerprint density at radius 1 is 1.55 bits per heavy atom. The molecule has 0 heterocycles. The number of carbonyl (C=O) groups excluding carboxylic acids is 1. The SMILES string of the molecule is CCCCC(=O)/C=C(\Cl)CCl. The fourth-order valence-electron chi connectivity index (χ4n) is 0.636. The second kappa shape index (κ2) is 6.68. The predicted molar refractivity (Wildman–Crippen MR) is 49.2 cm³/mol. The van der Waals surface area contributed by atoms with Crippen molar-refractivity contribution in [2.45, 2.75) is 26.2 Å². The lowest BCUT2D eigenvalue weighted by molar-refractivity contribution is -0.114. The third-order valence-corrected chi connectivity index (χ3v) is 1.89. The van der Waals surface area contributed by atoms with Crippen molar-refractivity contribution in [3.8, 4) is 0 Å². The minimum Gasteiger partial charge on any atom is -0.295 e. The van der Waals surface area contributed by atoms with Crippen LogP contribution in [-0.2, 0) is 4.79 Å². The number of carbonyl (C=O) groups is 1. The van der Waals surface area contributed by atoms with E-state index >= 15 is 0 Å². The van der Waals surface area contributed by atoms with Crippen LogP contribution in [0.15, 0.2) is 11.1 Å². The lowest BCUT2D eigenvalue weighted by Crippen LogP contribution is -1.93. The van der Waals surface area contributed by atoms with E-state index in [1.807, 2.05) is 6.92 Å². The van der Waals surface area contributed by atoms with Crippen LogP contribution in [0.3, 0.4) is 0 Å². The van der Waals surface area contributed by atoms with E-state index in [1.165, 1.54) is 6.08 Å². The first kappa shape index (κ1) is 11.0. The standard InChI is InChI=1S/C8H12Cl2O/c1-2-3-4-8(11)5-7(10)6-9/h5H,2-4,6H2,1H3/b7-5-. The highest BCUT2D eigenvalue weighted by molar-refractivity contribution is 6.36. The largest absolute Gasteiger partial charge is 0.295 e. The summed E-state index contributed by atoms with van der Waals surface area (Å²) < 4.78 is 0. The average molecular weight is 195 g/mol. The van der Waals surface area contributed by atoms with Gasteiger partial charge in [0.2, 0.25) is 0 Å². The van der Waals surface area contributed by atoms with E-state index in [0.717, 1.165) is 12.8 Å². The van der Waals surface area contributed by atoms with Gasteiger partial charge in [-0.05, 0) is 12.5 Å². The molecule has 0 spiro atoms. The second-order valence-electron chi connectivity index (χ2n) is 2.29. The zero-order chi connectivity index (χ0) is 8.69. The summed E-state index contributed by atoms with van der Waals surface area (Å²) in [5.41, 5.74) is 0. The molecule has 0 saturated carbocycles. The first-order valence-corrected chi connectivity index (χ1v) is 4.56. The average Bonchev–Trinajstić information content (AvgIpc) is 2.00. The minimum absolute atomic E-state index is 0.0671. The van der Waals surface area contributed by atoms with Gasteiger partial charge in [0.1, 0.15) is 0 Å². The zero-order valence-electron chi connectivity index (χ0n) is 6.57. The minimum atomic E-state index is 0.0671. The maximum absolute atomic E-state index is 11.0. The van der Waals surface area contributed by atoms with Crippen LogP contribution >= 0.6 is 23.2 Å². The molecule has 0 aliphatic heterocycles. The third kappa shape index (κ3) is 6.39. The molecule has 0 radical (unpaired) electrons. The van der Waals surface area contributed by atoms with E-state index in [4.69, 9.17) is 23.2 Å². The summed E-state index contributed by atoms with van der Waals surface area (Å²) >= 11 is 10.9. The monoisotopic (exact) mass is 194 g/mol. The van der Waals surface area contributed by atoms with Gasteiger partial charge in [0.05, 0.1) is 5.88 Å². The topological polar surface area (TPSA) is 17.1 Å². The highest BCUT2D eigenvalue weighted by Gasteiger charge is 1.97. The summed E-state index contributed by atoms with van der Waals surface area (Å²) in [7, 11) is 0. The van der Waals surface area contributed by atoms with Crippen LogP contribution in [-0.4, -0.2) is 11.7 Å². The third-order valence-electron chi connectivity index (χ3n) is 1.22. The molecule has 1 nitrogen and oxygen atoms in total. The van der Waals surface area contributed by atoms with Gasteiger partial charge in [-0.25, -0.2) is 0 Å². The van der Waals surface area contributed by atoms with E-state index in [2.05, 4.69) is 0 Å². The highest BCUT2D eigenvalue weighted by atomic mass is 35.5. The van der Waals surface area contributed by atoms with Crippen molar-refractivity contribution in [1.29, 1.82) is 0 Å². The quantitative estimate of drug-likeness (QED) is 0.486. The Hall–Kier alpha value is -0.0100. The molecule has 0 aromatic rings. The molecule has 0 unspecified atom stereocenters. The molecule has 0 aromatic heterocycles. The normalized spacial score (nSPS) is 11.7. The molecule has 11 heavy (non-hydrogen) atoms. The fourth-order valence-corrected chi connectivity index (χ4v) is 0.835. The molecule has 0 amide bonds. The first-order chi connectivity index (χ1) is 5.20. The maximum Gasteiger partial charge on any atom is 0.156 e. The number of unbranched alkanes of at least 4 members (excludes halogenated alkanes) is 1. The van der Waals surface area contributed by atoms with Gasteiger partial charge in [0.15, 0.2) is 5.78 Å². The molecule has 0 fully saturated rings. The van der Waals surface area contributed by atoms with Crippen LogP contribution < -0.4 is 0 Å². The lowest BCUT2D eigenvalue weighted by atomic mass is 10.2. The smallest absolute Gasteiger partial charge is 0.156 e. The van der Waals surface area contributed by atoms with Crippen LogP contribution in [0.2, 0.25) is 0 Å². The van der Waals surface area contributed by atoms with E-state index < -0.39 is 0 Å². The van der Waals surface area contributed by atoms with Crippen molar-refractivity contribution in [3.05, 3.63) is 11.1 Å². The molecule has 0 saturated heterocycles. The summed E-state index contributed by atoms with van der Waals surface area (Å²) in [6.07, 6.45) is 3.92. The lowest BCUT2D eigenvalue weighted by Gasteiger charge is -1.92. The van der Waals surface area contributed by atoms with Crippen molar-refractivity contribution in [3.63, 3.8) is 0 Å². The molecular weight excluding hydrogens is 183 g/mol. The molecule has 0 aromatic carbocycles. The Balaban J connectivity index is 3.67. The molecule has 0 rings (SSSR count). The van der Waals surface area contributed by atoms with E-state index in [-0.39, 0.29) is 11.7 Å². The summed E-state index contributed by atoms with van der Waals surface area (Å²) in [4.78, 5) is 11.0. The van der Waals surface area contributed by atoms with E-state index in [1.54, 1.807) is 0 Å². The van der Waals surface area contributed by atoms with E-state index in [0.29, 0.717) is 11.5 Å². The number of hydrogen-bond acceptors (Lipinski definition) is 1. The number of alkyl halides is 1. The Labute approximate surface area is 77.4 Å². The van der Waals surface area contributed by atoms with Crippen LogP contribution in [0.5, 0.6) is 0 Å². The molecule has 0 aliphatic carbocycles. The van der Waals surface area contributed by atoms with Crippen LogP contribution in [0.25, 0.3) is 0 Å². The fraction of sp³-hybridized carbons (Fsp3) is 0.625.